The van der Waals surface area contributed by atoms with Gasteiger partial charge in [0.1, 0.15) is 5.15 Å². The van der Waals surface area contributed by atoms with Crippen LogP contribution in [0.5, 0.6) is 0 Å². The molecular weight excluding hydrogens is 302 g/mol. The zero-order valence-electron chi connectivity index (χ0n) is 10.9. The van der Waals surface area contributed by atoms with Gasteiger partial charge in [0.25, 0.3) is 10.0 Å². The first-order chi connectivity index (χ1) is 9.33. The summed E-state index contributed by atoms with van der Waals surface area (Å²) >= 11 is 5.89. The number of aryl methyl sites for hydroxylation is 1. The minimum atomic E-state index is -3.90. The Morgan fingerprint density at radius 2 is 2.05 bits per heavy atom. The molecule has 0 saturated heterocycles. The minimum Gasteiger partial charge on any atom is -0.389 e. The van der Waals surface area contributed by atoms with Crippen LogP contribution in [-0.2, 0) is 17.1 Å². The Morgan fingerprint density at radius 1 is 1.40 bits per heavy atom. The lowest BCUT2D eigenvalue weighted by Gasteiger charge is -2.13. The molecule has 0 saturated carbocycles. The van der Waals surface area contributed by atoms with Gasteiger partial charge < -0.3 is 9.67 Å². The fraction of sp³-hybridized carbons (Fsp3) is 0.250. The maximum atomic E-state index is 12.3. The third-order valence-electron chi connectivity index (χ3n) is 2.74. The number of para-hydroxylation sites is 1. The first-order valence-electron chi connectivity index (χ1n) is 5.79. The molecule has 1 aromatic heterocycles. The number of aromatic nitrogens is 2. The SMILES string of the molecule is CC(O)c1ccccc1NS(=O)(=O)c1ncn(C)c1Cl. The molecule has 108 valence electrons. The van der Waals surface area contributed by atoms with Gasteiger partial charge in [-0.3, -0.25) is 4.72 Å². The number of hydrogen-bond acceptors (Lipinski definition) is 4. The average Bonchev–Trinajstić information content (AvgIpc) is 2.70. The van der Waals surface area contributed by atoms with E-state index >= 15 is 0 Å². The van der Waals surface area contributed by atoms with Crippen molar-refractivity contribution in [1.82, 2.24) is 9.55 Å². The monoisotopic (exact) mass is 315 g/mol. The first kappa shape index (κ1) is 14.8. The van der Waals surface area contributed by atoms with Gasteiger partial charge in [-0.2, -0.15) is 8.42 Å². The molecule has 0 bridgehead atoms. The van der Waals surface area contributed by atoms with Crippen molar-refractivity contribution in [1.29, 1.82) is 0 Å². The number of anilines is 1. The summed E-state index contributed by atoms with van der Waals surface area (Å²) in [6.45, 7) is 1.56. The number of halogens is 1. The molecule has 0 amide bonds. The maximum Gasteiger partial charge on any atom is 0.282 e. The lowest BCUT2D eigenvalue weighted by atomic mass is 10.1. The van der Waals surface area contributed by atoms with E-state index in [4.69, 9.17) is 11.6 Å². The van der Waals surface area contributed by atoms with Crippen molar-refractivity contribution in [2.24, 2.45) is 7.05 Å². The van der Waals surface area contributed by atoms with Crippen molar-refractivity contribution in [3.8, 4) is 0 Å². The summed E-state index contributed by atoms with van der Waals surface area (Å²) in [5, 5.41) is 9.42. The Labute approximate surface area is 122 Å². The van der Waals surface area contributed by atoms with Crippen LogP contribution in [0, 0.1) is 0 Å². The number of sulfonamides is 1. The number of aliphatic hydroxyl groups excluding tert-OH is 1. The number of nitrogens with one attached hydrogen (secondary N) is 1. The summed E-state index contributed by atoms with van der Waals surface area (Å²) in [7, 11) is -2.31. The molecule has 1 aromatic carbocycles. The Morgan fingerprint density at radius 3 is 2.60 bits per heavy atom. The van der Waals surface area contributed by atoms with Crippen LogP contribution in [0.4, 0.5) is 5.69 Å². The molecule has 6 nitrogen and oxygen atoms in total. The van der Waals surface area contributed by atoms with Crippen LogP contribution in [-0.4, -0.2) is 23.1 Å². The summed E-state index contributed by atoms with van der Waals surface area (Å²) in [5.74, 6) is 0. The van der Waals surface area contributed by atoms with Gasteiger partial charge in [-0.15, -0.1) is 0 Å². The average molecular weight is 316 g/mol. The van der Waals surface area contributed by atoms with Gasteiger partial charge in [0, 0.05) is 12.6 Å². The quantitative estimate of drug-likeness (QED) is 0.903. The Bertz CT molecular complexity index is 725. The highest BCUT2D eigenvalue weighted by Crippen LogP contribution is 2.26. The molecule has 0 aliphatic carbocycles. The van der Waals surface area contributed by atoms with E-state index in [1.54, 1.807) is 38.2 Å². The van der Waals surface area contributed by atoms with Gasteiger partial charge in [-0.25, -0.2) is 4.98 Å². The molecule has 1 unspecified atom stereocenters. The second kappa shape index (κ2) is 5.43. The van der Waals surface area contributed by atoms with E-state index in [2.05, 4.69) is 9.71 Å². The van der Waals surface area contributed by atoms with E-state index in [9.17, 15) is 13.5 Å². The first-order valence-corrected chi connectivity index (χ1v) is 7.65. The molecule has 2 N–H and O–H groups in total. The van der Waals surface area contributed by atoms with Gasteiger partial charge >= 0.3 is 0 Å². The summed E-state index contributed by atoms with van der Waals surface area (Å²) in [6.07, 6.45) is 0.519. The lowest BCUT2D eigenvalue weighted by molar-refractivity contribution is 0.200. The highest BCUT2D eigenvalue weighted by molar-refractivity contribution is 7.92. The third-order valence-corrected chi connectivity index (χ3v) is 4.60. The van der Waals surface area contributed by atoms with Crippen LogP contribution in [0.2, 0.25) is 5.15 Å². The van der Waals surface area contributed by atoms with Crippen molar-refractivity contribution in [3.05, 3.63) is 41.3 Å². The second-order valence-electron chi connectivity index (χ2n) is 4.32. The molecule has 20 heavy (non-hydrogen) atoms. The van der Waals surface area contributed by atoms with Crippen LogP contribution in [0.25, 0.3) is 0 Å². The van der Waals surface area contributed by atoms with Crippen molar-refractivity contribution in [2.45, 2.75) is 18.1 Å². The van der Waals surface area contributed by atoms with E-state index in [1.165, 1.54) is 10.9 Å². The molecule has 0 radical (unpaired) electrons. The van der Waals surface area contributed by atoms with Crippen molar-refractivity contribution >= 4 is 27.3 Å². The molecule has 2 aromatic rings. The molecule has 0 spiro atoms. The summed E-state index contributed by atoms with van der Waals surface area (Å²) < 4.78 is 28.3. The van der Waals surface area contributed by atoms with E-state index < -0.39 is 16.1 Å². The standard InChI is InChI=1S/C12H14ClN3O3S/c1-8(17)9-5-3-4-6-10(9)15-20(18,19)12-11(13)16(2)7-14-12/h3-8,15,17H,1-2H3. The van der Waals surface area contributed by atoms with Crippen LogP contribution < -0.4 is 4.72 Å². The number of imidazole rings is 1. The van der Waals surface area contributed by atoms with E-state index in [0.717, 1.165) is 0 Å². The predicted molar refractivity (Wildman–Crippen MR) is 76.1 cm³/mol. The lowest BCUT2D eigenvalue weighted by Crippen LogP contribution is -2.15. The zero-order valence-corrected chi connectivity index (χ0v) is 12.5. The normalized spacial score (nSPS) is 13.2. The Hall–Kier alpha value is -1.57. The highest BCUT2D eigenvalue weighted by atomic mass is 35.5. The zero-order chi connectivity index (χ0) is 14.9. The molecule has 1 atom stereocenters. The number of benzene rings is 1. The number of rotatable bonds is 4. The molecule has 0 aliphatic heterocycles. The van der Waals surface area contributed by atoms with Crippen LogP contribution >= 0.6 is 11.6 Å². The van der Waals surface area contributed by atoms with Crippen LogP contribution in [0.1, 0.15) is 18.6 Å². The minimum absolute atomic E-state index is 0.0204. The maximum absolute atomic E-state index is 12.3. The van der Waals surface area contributed by atoms with Gasteiger partial charge in [0.05, 0.1) is 18.1 Å². The molecule has 8 heteroatoms. The summed E-state index contributed by atoms with van der Waals surface area (Å²) in [6, 6.07) is 6.59. The van der Waals surface area contributed by atoms with Crippen molar-refractivity contribution in [2.75, 3.05) is 4.72 Å². The fourth-order valence-electron chi connectivity index (χ4n) is 1.72. The smallest absolute Gasteiger partial charge is 0.282 e. The van der Waals surface area contributed by atoms with Crippen LogP contribution in [0.15, 0.2) is 35.6 Å². The molecule has 0 fully saturated rings. The van der Waals surface area contributed by atoms with Gasteiger partial charge in [0.2, 0.25) is 5.03 Å². The van der Waals surface area contributed by atoms with E-state index in [1.807, 2.05) is 0 Å². The van der Waals surface area contributed by atoms with Crippen LogP contribution in [0.3, 0.4) is 0 Å². The largest absolute Gasteiger partial charge is 0.389 e. The molecule has 1 heterocycles. The van der Waals surface area contributed by atoms with Gasteiger partial charge in [-0.1, -0.05) is 29.8 Å². The molecule has 2 rings (SSSR count). The third kappa shape index (κ3) is 2.79. The van der Waals surface area contributed by atoms with Crippen molar-refractivity contribution < 1.29 is 13.5 Å². The fourth-order valence-corrected chi connectivity index (χ4v) is 3.24. The van der Waals surface area contributed by atoms with E-state index in [-0.39, 0.29) is 10.2 Å². The molecular formula is C12H14ClN3O3S. The Kier molecular flexibility index (Phi) is 4.03. The van der Waals surface area contributed by atoms with Crippen molar-refractivity contribution in [3.63, 3.8) is 0 Å². The predicted octanol–water partition coefficient (Wildman–Crippen LogP) is 1.93. The van der Waals surface area contributed by atoms with Gasteiger partial charge in [-0.05, 0) is 13.0 Å². The topological polar surface area (TPSA) is 84.2 Å². The number of nitrogens with zero attached hydrogens (tertiary/aromatic N) is 2. The summed E-state index contributed by atoms with van der Waals surface area (Å²) in [5.41, 5.74) is 0.771. The highest BCUT2D eigenvalue weighted by Gasteiger charge is 2.23. The second-order valence-corrected chi connectivity index (χ2v) is 6.28. The Balaban J connectivity index is 2.42. The number of aliphatic hydroxyl groups is 1. The number of hydrogen-bond donors (Lipinski definition) is 2. The molecule has 0 aliphatic rings. The van der Waals surface area contributed by atoms with E-state index in [0.29, 0.717) is 11.3 Å². The summed E-state index contributed by atoms with van der Waals surface area (Å²) in [4.78, 5) is 3.78. The van der Waals surface area contributed by atoms with Gasteiger partial charge in [0.15, 0.2) is 0 Å².